The first-order valence-electron chi connectivity index (χ1n) is 10.1. The fraction of sp³-hybridized carbons (Fsp3) is 0.947. The maximum Gasteiger partial charge on any atom is 0.191 e. The van der Waals surface area contributed by atoms with E-state index in [9.17, 15) is 0 Å². The van der Waals surface area contributed by atoms with Crippen LogP contribution in [0.1, 0.15) is 52.4 Å². The first-order valence-corrected chi connectivity index (χ1v) is 10.1. The molecule has 2 aliphatic heterocycles. The van der Waals surface area contributed by atoms with Gasteiger partial charge in [0.05, 0.1) is 12.1 Å². The van der Waals surface area contributed by atoms with Crippen LogP contribution in [-0.4, -0.2) is 75.5 Å². The van der Waals surface area contributed by atoms with E-state index in [4.69, 9.17) is 14.5 Å². The topological polar surface area (TPSA) is 58.1 Å². The second-order valence-electron chi connectivity index (χ2n) is 7.36. The molecule has 2 fully saturated rings. The predicted molar refractivity (Wildman–Crippen MR) is 119 cm³/mol. The number of nitrogens with one attached hydrogen (secondary N) is 2. The van der Waals surface area contributed by atoms with Crippen LogP contribution in [0.25, 0.3) is 0 Å². The van der Waals surface area contributed by atoms with Crippen molar-refractivity contribution < 1.29 is 9.47 Å². The molecule has 0 saturated carbocycles. The Labute approximate surface area is 176 Å². The van der Waals surface area contributed by atoms with Crippen molar-refractivity contribution in [1.29, 1.82) is 0 Å². The molecule has 2 rings (SSSR count). The highest BCUT2D eigenvalue weighted by molar-refractivity contribution is 14.0. The molecule has 0 radical (unpaired) electrons. The standard InChI is InChI=1S/C19H38N4O2.HI/c1-4-20-18(22-16-19(24-3)9-14-25-15-10-19)21-11-7-13-23-12-6-5-8-17(23)2;/h17H,4-16H2,1-3H3,(H2,20,21,22);1H. The predicted octanol–water partition coefficient (Wildman–Crippen LogP) is 2.62. The molecule has 0 bridgehead atoms. The summed E-state index contributed by atoms with van der Waals surface area (Å²) in [5, 5.41) is 6.83. The van der Waals surface area contributed by atoms with E-state index in [0.717, 1.165) is 57.6 Å². The number of nitrogens with zero attached hydrogens (tertiary/aromatic N) is 2. The number of piperidine rings is 1. The van der Waals surface area contributed by atoms with Crippen molar-refractivity contribution in [2.24, 2.45) is 4.99 Å². The van der Waals surface area contributed by atoms with Crippen LogP contribution in [-0.2, 0) is 9.47 Å². The van der Waals surface area contributed by atoms with Crippen LogP contribution in [0.4, 0.5) is 0 Å². The van der Waals surface area contributed by atoms with Crippen molar-refractivity contribution in [3.8, 4) is 0 Å². The van der Waals surface area contributed by atoms with E-state index < -0.39 is 0 Å². The first-order chi connectivity index (χ1) is 12.2. The molecule has 2 N–H and O–H groups in total. The van der Waals surface area contributed by atoms with Gasteiger partial charge in [0, 0.05) is 58.8 Å². The maximum atomic E-state index is 5.77. The molecule has 0 aliphatic carbocycles. The van der Waals surface area contributed by atoms with E-state index in [1.165, 1.54) is 32.4 Å². The molecule has 0 spiro atoms. The van der Waals surface area contributed by atoms with Crippen LogP contribution in [0.5, 0.6) is 0 Å². The van der Waals surface area contributed by atoms with Crippen LogP contribution in [0.15, 0.2) is 4.99 Å². The highest BCUT2D eigenvalue weighted by atomic mass is 127. The number of hydrogen-bond donors (Lipinski definition) is 2. The summed E-state index contributed by atoms with van der Waals surface area (Å²) >= 11 is 0. The van der Waals surface area contributed by atoms with Gasteiger partial charge in [-0.3, -0.25) is 4.99 Å². The zero-order valence-corrected chi connectivity index (χ0v) is 19.2. The Morgan fingerprint density at radius 2 is 2.04 bits per heavy atom. The van der Waals surface area contributed by atoms with Crippen molar-refractivity contribution in [1.82, 2.24) is 15.5 Å². The zero-order valence-electron chi connectivity index (χ0n) is 16.9. The molecular formula is C19H39IN4O2. The summed E-state index contributed by atoms with van der Waals surface area (Å²) in [7, 11) is 1.79. The monoisotopic (exact) mass is 482 g/mol. The normalized spacial score (nSPS) is 24.0. The lowest BCUT2D eigenvalue weighted by Gasteiger charge is -2.34. The van der Waals surface area contributed by atoms with E-state index in [1.807, 2.05) is 0 Å². The van der Waals surface area contributed by atoms with Crippen LogP contribution in [0.3, 0.4) is 0 Å². The van der Waals surface area contributed by atoms with E-state index in [2.05, 4.69) is 29.4 Å². The van der Waals surface area contributed by atoms with Crippen molar-refractivity contribution in [2.75, 3.05) is 53.0 Å². The lowest BCUT2D eigenvalue weighted by Crippen LogP contribution is -2.44. The van der Waals surface area contributed by atoms with Gasteiger partial charge in [0.2, 0.25) is 0 Å². The molecule has 0 aromatic rings. The van der Waals surface area contributed by atoms with Crippen molar-refractivity contribution in [3.63, 3.8) is 0 Å². The quantitative estimate of drug-likeness (QED) is 0.241. The average molecular weight is 482 g/mol. The summed E-state index contributed by atoms with van der Waals surface area (Å²) in [6.45, 7) is 10.9. The number of aliphatic imine (C=N–C) groups is 1. The van der Waals surface area contributed by atoms with Crippen LogP contribution < -0.4 is 10.6 Å². The Morgan fingerprint density at radius 3 is 2.69 bits per heavy atom. The number of guanidine groups is 1. The molecule has 1 unspecified atom stereocenters. The highest BCUT2D eigenvalue weighted by Gasteiger charge is 2.32. The zero-order chi connectivity index (χ0) is 18.0. The Kier molecular flexibility index (Phi) is 12.1. The molecule has 7 heteroatoms. The Bertz CT molecular complexity index is 403. The number of rotatable bonds is 8. The Balaban J connectivity index is 0.00000338. The van der Waals surface area contributed by atoms with Gasteiger partial charge in [-0.15, -0.1) is 24.0 Å². The smallest absolute Gasteiger partial charge is 0.191 e. The number of hydrogen-bond acceptors (Lipinski definition) is 4. The van der Waals surface area contributed by atoms with Crippen LogP contribution in [0.2, 0.25) is 0 Å². The van der Waals surface area contributed by atoms with E-state index in [1.54, 1.807) is 7.11 Å². The summed E-state index contributed by atoms with van der Waals surface area (Å²) in [6.07, 6.45) is 7.07. The van der Waals surface area contributed by atoms with E-state index in [0.29, 0.717) is 6.54 Å². The Morgan fingerprint density at radius 1 is 1.27 bits per heavy atom. The highest BCUT2D eigenvalue weighted by Crippen LogP contribution is 2.24. The van der Waals surface area contributed by atoms with Crippen LogP contribution >= 0.6 is 24.0 Å². The number of ether oxygens (including phenoxy) is 2. The van der Waals surface area contributed by atoms with E-state index in [-0.39, 0.29) is 29.6 Å². The second kappa shape index (κ2) is 13.1. The summed E-state index contributed by atoms with van der Waals surface area (Å²) in [6, 6.07) is 0.741. The fourth-order valence-corrected chi connectivity index (χ4v) is 3.71. The minimum atomic E-state index is -0.163. The van der Waals surface area contributed by atoms with Gasteiger partial charge in [0.15, 0.2) is 5.96 Å². The summed E-state index contributed by atoms with van der Waals surface area (Å²) in [5.74, 6) is 0.900. The molecule has 0 amide bonds. The second-order valence-corrected chi connectivity index (χ2v) is 7.36. The third-order valence-corrected chi connectivity index (χ3v) is 5.56. The molecule has 154 valence electrons. The van der Waals surface area contributed by atoms with Gasteiger partial charge >= 0.3 is 0 Å². The molecule has 0 aromatic heterocycles. The molecule has 2 saturated heterocycles. The first kappa shape index (κ1) is 23.9. The third-order valence-electron chi connectivity index (χ3n) is 5.56. The van der Waals surface area contributed by atoms with Gasteiger partial charge < -0.3 is 25.0 Å². The summed E-state index contributed by atoms with van der Waals surface area (Å²) < 4.78 is 11.2. The van der Waals surface area contributed by atoms with Gasteiger partial charge in [-0.1, -0.05) is 6.42 Å². The van der Waals surface area contributed by atoms with Crippen molar-refractivity contribution >= 4 is 29.9 Å². The Hall–Kier alpha value is -0.120. The minimum absolute atomic E-state index is 0. The molecular weight excluding hydrogens is 443 g/mol. The minimum Gasteiger partial charge on any atom is -0.381 e. The van der Waals surface area contributed by atoms with Crippen LogP contribution in [0, 0.1) is 0 Å². The maximum absolute atomic E-state index is 5.77. The molecule has 6 nitrogen and oxygen atoms in total. The lowest BCUT2D eigenvalue weighted by atomic mass is 9.94. The fourth-order valence-electron chi connectivity index (χ4n) is 3.71. The average Bonchev–Trinajstić information content (AvgIpc) is 2.65. The van der Waals surface area contributed by atoms with Gasteiger partial charge in [0.1, 0.15) is 0 Å². The third kappa shape index (κ3) is 7.86. The van der Waals surface area contributed by atoms with Gasteiger partial charge in [0.25, 0.3) is 0 Å². The van der Waals surface area contributed by atoms with Gasteiger partial charge in [-0.25, -0.2) is 0 Å². The molecule has 2 heterocycles. The largest absolute Gasteiger partial charge is 0.381 e. The molecule has 0 aromatic carbocycles. The van der Waals surface area contributed by atoms with Gasteiger partial charge in [-0.2, -0.15) is 0 Å². The number of likely N-dealkylation sites (tertiary alicyclic amines) is 1. The lowest BCUT2D eigenvalue weighted by molar-refractivity contribution is -0.0828. The summed E-state index contributed by atoms with van der Waals surface area (Å²) in [4.78, 5) is 7.40. The number of methoxy groups -OCH3 is 1. The SMILES string of the molecule is CCNC(=NCC1(OC)CCOCC1)NCCCN1CCCCC1C.I. The molecule has 2 aliphatic rings. The summed E-state index contributed by atoms with van der Waals surface area (Å²) in [5.41, 5.74) is -0.163. The van der Waals surface area contributed by atoms with Gasteiger partial charge in [-0.05, 0) is 39.7 Å². The van der Waals surface area contributed by atoms with Crippen molar-refractivity contribution in [3.05, 3.63) is 0 Å². The molecule has 1 atom stereocenters. The molecule has 26 heavy (non-hydrogen) atoms. The number of halogens is 1. The van der Waals surface area contributed by atoms with Crippen molar-refractivity contribution in [2.45, 2.75) is 64.0 Å². The van der Waals surface area contributed by atoms with E-state index >= 15 is 0 Å².